The number of aryl methyl sites for hydroxylation is 1. The monoisotopic (exact) mass is 290 g/mol. The van der Waals surface area contributed by atoms with Gasteiger partial charge in [0.2, 0.25) is 0 Å². The van der Waals surface area contributed by atoms with Crippen molar-refractivity contribution >= 4 is 11.7 Å². The third-order valence-corrected chi connectivity index (χ3v) is 3.99. The minimum absolute atomic E-state index is 0.103. The van der Waals surface area contributed by atoms with Gasteiger partial charge in [0.05, 0.1) is 0 Å². The maximum Gasteiger partial charge on any atom is 0.270 e. The summed E-state index contributed by atoms with van der Waals surface area (Å²) in [6.07, 6.45) is 5.71. The molecular formula is C16H26N4O. The first-order valence-corrected chi connectivity index (χ1v) is 8.06. The van der Waals surface area contributed by atoms with E-state index in [9.17, 15) is 4.79 Å². The minimum Gasteiger partial charge on any atom is -0.354 e. The number of anilines is 1. The van der Waals surface area contributed by atoms with Gasteiger partial charge in [-0.15, -0.1) is 0 Å². The van der Waals surface area contributed by atoms with E-state index in [1.54, 1.807) is 0 Å². The molecule has 1 saturated heterocycles. The number of aromatic nitrogens is 2. The molecule has 0 saturated carbocycles. The van der Waals surface area contributed by atoms with Gasteiger partial charge in [0.25, 0.3) is 5.91 Å². The standard InChI is InChI=1S/C16H26N4O/c1-4-9-17-16(21)14-11-15(19-12(3)18-14)20-10-7-6-8-13(20)5-2/h11,13H,4-10H2,1-3H3,(H,17,21). The van der Waals surface area contributed by atoms with Crippen LogP contribution in [0.15, 0.2) is 6.07 Å². The molecule has 2 rings (SSSR count). The number of rotatable bonds is 5. The van der Waals surface area contributed by atoms with Crippen LogP contribution < -0.4 is 10.2 Å². The smallest absolute Gasteiger partial charge is 0.270 e. The highest BCUT2D eigenvalue weighted by Crippen LogP contribution is 2.25. The molecule has 1 amide bonds. The average molecular weight is 290 g/mol. The van der Waals surface area contributed by atoms with E-state index >= 15 is 0 Å². The van der Waals surface area contributed by atoms with Crippen LogP contribution in [0.5, 0.6) is 0 Å². The number of hydrogen-bond donors (Lipinski definition) is 1. The SMILES string of the molecule is CCCNC(=O)c1cc(N2CCCCC2CC)nc(C)n1. The van der Waals surface area contributed by atoms with E-state index in [2.05, 4.69) is 27.1 Å². The fourth-order valence-electron chi connectivity index (χ4n) is 2.87. The first-order chi connectivity index (χ1) is 10.2. The fraction of sp³-hybridized carbons (Fsp3) is 0.688. The van der Waals surface area contributed by atoms with Crippen LogP contribution in [0.3, 0.4) is 0 Å². The first kappa shape index (κ1) is 15.7. The lowest BCUT2D eigenvalue weighted by atomic mass is 10.00. The number of hydrogen-bond acceptors (Lipinski definition) is 4. The third kappa shape index (κ3) is 3.93. The quantitative estimate of drug-likeness (QED) is 0.906. The summed E-state index contributed by atoms with van der Waals surface area (Å²) in [6.45, 7) is 7.80. The van der Waals surface area contributed by atoms with Gasteiger partial charge in [-0.1, -0.05) is 13.8 Å². The Morgan fingerprint density at radius 2 is 2.19 bits per heavy atom. The van der Waals surface area contributed by atoms with Crippen LogP contribution in [0.25, 0.3) is 0 Å². The summed E-state index contributed by atoms with van der Waals surface area (Å²) < 4.78 is 0. The highest BCUT2D eigenvalue weighted by molar-refractivity contribution is 5.92. The van der Waals surface area contributed by atoms with Crippen LogP contribution in [0.2, 0.25) is 0 Å². The van der Waals surface area contributed by atoms with Gasteiger partial charge in [-0.3, -0.25) is 4.79 Å². The van der Waals surface area contributed by atoms with Crippen molar-refractivity contribution in [3.63, 3.8) is 0 Å². The Bertz CT molecular complexity index is 489. The highest BCUT2D eigenvalue weighted by Gasteiger charge is 2.23. The molecule has 1 N–H and O–H groups in total. The van der Waals surface area contributed by atoms with E-state index in [0.29, 0.717) is 24.1 Å². The molecule has 1 aliphatic rings. The van der Waals surface area contributed by atoms with E-state index < -0.39 is 0 Å². The molecule has 1 aliphatic heterocycles. The van der Waals surface area contributed by atoms with Gasteiger partial charge < -0.3 is 10.2 Å². The second-order valence-electron chi connectivity index (χ2n) is 5.67. The Hall–Kier alpha value is -1.65. The van der Waals surface area contributed by atoms with Crippen molar-refractivity contribution in [2.45, 2.75) is 58.9 Å². The molecule has 1 atom stereocenters. The summed E-state index contributed by atoms with van der Waals surface area (Å²) >= 11 is 0. The van der Waals surface area contributed by atoms with Crippen LogP contribution >= 0.6 is 0 Å². The lowest BCUT2D eigenvalue weighted by molar-refractivity contribution is 0.0948. The number of carbonyl (C=O) groups excluding carboxylic acids is 1. The lowest BCUT2D eigenvalue weighted by Crippen LogP contribution is -2.40. The van der Waals surface area contributed by atoms with Gasteiger partial charge >= 0.3 is 0 Å². The largest absolute Gasteiger partial charge is 0.354 e. The predicted molar refractivity (Wildman–Crippen MR) is 84.7 cm³/mol. The number of carbonyl (C=O) groups is 1. The molecule has 1 aromatic heterocycles. The lowest BCUT2D eigenvalue weighted by Gasteiger charge is -2.36. The Kier molecular flexibility index (Phi) is 5.53. The number of nitrogens with zero attached hydrogens (tertiary/aromatic N) is 3. The summed E-state index contributed by atoms with van der Waals surface area (Å²) in [7, 11) is 0. The third-order valence-electron chi connectivity index (χ3n) is 3.99. The summed E-state index contributed by atoms with van der Waals surface area (Å²) in [5.41, 5.74) is 0.478. The normalized spacial score (nSPS) is 18.6. The zero-order chi connectivity index (χ0) is 15.2. The Morgan fingerprint density at radius 1 is 1.38 bits per heavy atom. The van der Waals surface area contributed by atoms with Crippen LogP contribution in [-0.2, 0) is 0 Å². The molecule has 1 unspecified atom stereocenters. The zero-order valence-corrected chi connectivity index (χ0v) is 13.4. The Morgan fingerprint density at radius 3 is 2.90 bits per heavy atom. The van der Waals surface area contributed by atoms with E-state index in [-0.39, 0.29) is 5.91 Å². The predicted octanol–water partition coefficient (Wildman–Crippen LogP) is 2.69. The number of piperidine rings is 1. The van der Waals surface area contributed by atoms with E-state index in [1.165, 1.54) is 19.3 Å². The topological polar surface area (TPSA) is 58.1 Å². The van der Waals surface area contributed by atoms with Crippen molar-refractivity contribution in [3.05, 3.63) is 17.6 Å². The zero-order valence-electron chi connectivity index (χ0n) is 13.4. The summed E-state index contributed by atoms with van der Waals surface area (Å²) in [4.78, 5) is 23.3. The van der Waals surface area contributed by atoms with Crippen LogP contribution in [0, 0.1) is 6.92 Å². The van der Waals surface area contributed by atoms with E-state index in [0.717, 1.165) is 25.2 Å². The van der Waals surface area contributed by atoms with Crippen molar-refractivity contribution < 1.29 is 4.79 Å². The molecular weight excluding hydrogens is 264 g/mol. The maximum atomic E-state index is 12.1. The van der Waals surface area contributed by atoms with Gasteiger partial charge in [0, 0.05) is 25.2 Å². The molecule has 5 nitrogen and oxygen atoms in total. The van der Waals surface area contributed by atoms with Crippen molar-refractivity contribution in [3.8, 4) is 0 Å². The van der Waals surface area contributed by atoms with Crippen molar-refractivity contribution in [2.24, 2.45) is 0 Å². The van der Waals surface area contributed by atoms with Gasteiger partial charge in [-0.25, -0.2) is 9.97 Å². The molecule has 0 radical (unpaired) electrons. The Balaban J connectivity index is 2.23. The summed E-state index contributed by atoms with van der Waals surface area (Å²) in [5, 5.41) is 2.88. The van der Waals surface area contributed by atoms with Crippen molar-refractivity contribution in [1.29, 1.82) is 0 Å². The van der Waals surface area contributed by atoms with Gasteiger partial charge in [0.1, 0.15) is 17.3 Å². The van der Waals surface area contributed by atoms with Crippen LogP contribution in [-0.4, -0.2) is 35.0 Å². The molecule has 5 heteroatoms. The molecule has 0 aliphatic carbocycles. The van der Waals surface area contributed by atoms with E-state index in [1.807, 2.05) is 19.9 Å². The highest BCUT2D eigenvalue weighted by atomic mass is 16.1. The molecule has 0 aromatic carbocycles. The molecule has 0 spiro atoms. The van der Waals surface area contributed by atoms with Crippen LogP contribution in [0.4, 0.5) is 5.82 Å². The van der Waals surface area contributed by atoms with Gasteiger partial charge in [-0.2, -0.15) is 0 Å². The number of nitrogens with one attached hydrogen (secondary N) is 1. The molecule has 1 fully saturated rings. The first-order valence-electron chi connectivity index (χ1n) is 8.06. The maximum absolute atomic E-state index is 12.1. The summed E-state index contributed by atoms with van der Waals surface area (Å²) in [6, 6.07) is 2.37. The molecule has 0 bridgehead atoms. The minimum atomic E-state index is -0.103. The number of amides is 1. The van der Waals surface area contributed by atoms with Crippen molar-refractivity contribution in [2.75, 3.05) is 18.0 Å². The van der Waals surface area contributed by atoms with Crippen molar-refractivity contribution in [1.82, 2.24) is 15.3 Å². The second-order valence-corrected chi connectivity index (χ2v) is 5.67. The van der Waals surface area contributed by atoms with Gasteiger partial charge in [0.15, 0.2) is 0 Å². The van der Waals surface area contributed by atoms with Gasteiger partial charge in [-0.05, 0) is 39.0 Å². The molecule has 1 aromatic rings. The second kappa shape index (κ2) is 7.38. The molecule has 2 heterocycles. The average Bonchev–Trinajstić information content (AvgIpc) is 2.51. The summed E-state index contributed by atoms with van der Waals surface area (Å²) in [5.74, 6) is 1.46. The fourth-order valence-corrected chi connectivity index (χ4v) is 2.87. The van der Waals surface area contributed by atoms with E-state index in [4.69, 9.17) is 0 Å². The van der Waals surface area contributed by atoms with Crippen LogP contribution in [0.1, 0.15) is 62.3 Å². The molecule has 116 valence electrons. The Labute approximate surface area is 127 Å². The molecule has 21 heavy (non-hydrogen) atoms.